The van der Waals surface area contributed by atoms with Crippen LogP contribution < -0.4 is 5.32 Å². The van der Waals surface area contributed by atoms with E-state index in [1.54, 1.807) is 19.9 Å². The maximum Gasteiger partial charge on any atom is 0.292 e. The molecule has 138 valence electrons. The molecule has 3 rings (SSSR count). The second-order valence-corrected chi connectivity index (χ2v) is 6.09. The van der Waals surface area contributed by atoms with Crippen LogP contribution in [0.3, 0.4) is 0 Å². The molecule has 0 aromatic heterocycles. The molecule has 0 fully saturated rings. The van der Waals surface area contributed by atoms with Crippen molar-refractivity contribution in [2.45, 2.75) is 13.8 Å². The summed E-state index contributed by atoms with van der Waals surface area (Å²) >= 11 is 0. The first-order chi connectivity index (χ1) is 12.7. The van der Waals surface area contributed by atoms with E-state index in [2.05, 4.69) is 5.32 Å². The van der Waals surface area contributed by atoms with E-state index < -0.39 is 21.7 Å². The molecule has 0 aliphatic carbocycles. The van der Waals surface area contributed by atoms with Crippen LogP contribution in [0.5, 0.6) is 0 Å². The highest BCUT2D eigenvalue weighted by Crippen LogP contribution is 2.31. The van der Waals surface area contributed by atoms with Crippen molar-refractivity contribution in [2.24, 2.45) is 0 Å². The summed E-state index contributed by atoms with van der Waals surface area (Å²) in [5, 5.41) is 24.9. The van der Waals surface area contributed by atoms with E-state index in [1.165, 1.54) is 12.1 Å². The van der Waals surface area contributed by atoms with E-state index in [9.17, 15) is 29.8 Å². The van der Waals surface area contributed by atoms with Crippen molar-refractivity contribution in [1.29, 1.82) is 0 Å². The van der Waals surface area contributed by atoms with E-state index in [0.717, 1.165) is 17.0 Å². The van der Waals surface area contributed by atoms with Gasteiger partial charge in [-0.15, -0.1) is 0 Å². The van der Waals surface area contributed by atoms with E-state index >= 15 is 0 Å². The quantitative estimate of drug-likeness (QED) is 0.485. The van der Waals surface area contributed by atoms with Crippen LogP contribution in [0.25, 0.3) is 0 Å². The molecule has 2 aromatic rings. The molecule has 27 heavy (non-hydrogen) atoms. The van der Waals surface area contributed by atoms with Crippen molar-refractivity contribution in [3.05, 3.63) is 72.8 Å². The fourth-order valence-electron chi connectivity index (χ4n) is 3.01. The summed E-state index contributed by atoms with van der Waals surface area (Å²) in [6.45, 7) is 3.10. The fraction of sp³-hybridized carbons (Fsp3) is 0.176. The Bertz CT molecular complexity index is 1020. The zero-order chi connectivity index (χ0) is 19.9. The van der Waals surface area contributed by atoms with E-state index in [1.807, 2.05) is 0 Å². The Hall–Kier alpha value is -3.82. The summed E-state index contributed by atoms with van der Waals surface area (Å²) in [6.07, 6.45) is 0. The average Bonchev–Trinajstić information content (AvgIpc) is 2.84. The number of anilines is 1. The Morgan fingerprint density at radius 2 is 1.63 bits per heavy atom. The SMILES string of the molecule is Cc1cc(C)c(NCN2C(=O)c3ccc([N+](=O)[O-])cc3C2=O)c([N+](=O)[O-])c1. The summed E-state index contributed by atoms with van der Waals surface area (Å²) in [4.78, 5) is 46.7. The molecular formula is C17H14N4O6. The first-order valence-electron chi connectivity index (χ1n) is 7.85. The van der Waals surface area contributed by atoms with Crippen molar-refractivity contribution in [1.82, 2.24) is 4.90 Å². The number of carbonyl (C=O) groups excluding carboxylic acids is 2. The first kappa shape index (κ1) is 18.0. The van der Waals surface area contributed by atoms with Crippen molar-refractivity contribution >= 4 is 28.9 Å². The first-order valence-corrected chi connectivity index (χ1v) is 7.85. The van der Waals surface area contributed by atoms with Crippen molar-refractivity contribution < 1.29 is 19.4 Å². The number of imide groups is 1. The van der Waals surface area contributed by atoms with Crippen LogP contribution in [0.1, 0.15) is 31.8 Å². The van der Waals surface area contributed by atoms with Gasteiger partial charge in [0.05, 0.1) is 27.6 Å². The Morgan fingerprint density at radius 3 is 2.26 bits per heavy atom. The number of hydrogen-bond donors (Lipinski definition) is 1. The van der Waals surface area contributed by atoms with Gasteiger partial charge in [-0.2, -0.15) is 0 Å². The molecule has 0 saturated carbocycles. The third kappa shape index (κ3) is 3.08. The van der Waals surface area contributed by atoms with Gasteiger partial charge >= 0.3 is 0 Å². The summed E-state index contributed by atoms with van der Waals surface area (Å²) in [5.41, 5.74) is 1.03. The molecule has 0 unspecified atom stereocenters. The van der Waals surface area contributed by atoms with Gasteiger partial charge in [-0.1, -0.05) is 6.07 Å². The number of nitrogens with zero attached hydrogens (tertiary/aromatic N) is 3. The molecule has 10 nitrogen and oxygen atoms in total. The molecule has 1 aliphatic heterocycles. The van der Waals surface area contributed by atoms with Crippen LogP contribution in [0.2, 0.25) is 0 Å². The lowest BCUT2D eigenvalue weighted by Gasteiger charge is -2.17. The smallest absolute Gasteiger partial charge is 0.292 e. The van der Waals surface area contributed by atoms with Crippen molar-refractivity contribution in [2.75, 3.05) is 12.0 Å². The van der Waals surface area contributed by atoms with Gasteiger partial charge in [0, 0.05) is 18.2 Å². The van der Waals surface area contributed by atoms with Gasteiger partial charge < -0.3 is 5.32 Å². The lowest BCUT2D eigenvalue weighted by Crippen LogP contribution is -2.34. The zero-order valence-corrected chi connectivity index (χ0v) is 14.4. The fourth-order valence-corrected chi connectivity index (χ4v) is 3.01. The number of aryl methyl sites for hydroxylation is 2. The minimum atomic E-state index is -0.696. The monoisotopic (exact) mass is 370 g/mol. The maximum absolute atomic E-state index is 12.5. The molecule has 1 heterocycles. The van der Waals surface area contributed by atoms with Gasteiger partial charge in [-0.25, -0.2) is 0 Å². The third-order valence-electron chi connectivity index (χ3n) is 4.23. The van der Waals surface area contributed by atoms with Gasteiger partial charge in [-0.05, 0) is 31.0 Å². The standard InChI is InChI=1S/C17H14N4O6/c1-9-5-10(2)15(14(6-9)21(26)27)18-8-19-16(22)12-4-3-11(20(24)25)7-13(12)17(19)23/h3-7,18H,8H2,1-2H3. The lowest BCUT2D eigenvalue weighted by atomic mass is 10.1. The largest absolute Gasteiger partial charge is 0.361 e. The van der Waals surface area contributed by atoms with E-state index in [4.69, 9.17) is 0 Å². The highest BCUT2D eigenvalue weighted by Gasteiger charge is 2.37. The number of non-ortho nitro benzene ring substituents is 1. The minimum Gasteiger partial charge on any atom is -0.361 e. The Kier molecular flexibility index (Phi) is 4.32. The number of carbonyl (C=O) groups is 2. The van der Waals surface area contributed by atoms with Crippen LogP contribution in [0.15, 0.2) is 30.3 Å². The minimum absolute atomic E-state index is 0.0579. The highest BCUT2D eigenvalue weighted by molar-refractivity contribution is 6.21. The molecule has 2 aromatic carbocycles. The number of nitrogens with one attached hydrogen (secondary N) is 1. The summed E-state index contributed by atoms with van der Waals surface area (Å²) in [5.74, 6) is -1.32. The number of hydrogen-bond acceptors (Lipinski definition) is 7. The van der Waals surface area contributed by atoms with Crippen LogP contribution in [-0.4, -0.2) is 33.2 Å². The van der Waals surface area contributed by atoms with Crippen LogP contribution in [0, 0.1) is 34.1 Å². The predicted octanol–water partition coefficient (Wildman–Crippen LogP) is 2.79. The van der Waals surface area contributed by atoms with Gasteiger partial charge in [0.25, 0.3) is 23.2 Å². The van der Waals surface area contributed by atoms with Crippen LogP contribution >= 0.6 is 0 Å². The molecule has 0 saturated heterocycles. The Balaban J connectivity index is 1.88. The zero-order valence-electron chi connectivity index (χ0n) is 14.4. The maximum atomic E-state index is 12.5. The molecular weight excluding hydrogens is 356 g/mol. The number of fused-ring (bicyclic) bond motifs is 1. The highest BCUT2D eigenvalue weighted by atomic mass is 16.6. The summed E-state index contributed by atoms with van der Waals surface area (Å²) in [7, 11) is 0. The average molecular weight is 370 g/mol. The molecule has 1 aliphatic rings. The van der Waals surface area contributed by atoms with Gasteiger partial charge in [0.1, 0.15) is 5.69 Å². The van der Waals surface area contributed by atoms with E-state index in [0.29, 0.717) is 11.1 Å². The molecule has 0 atom stereocenters. The second kappa shape index (κ2) is 6.48. The normalized spacial score (nSPS) is 12.9. The van der Waals surface area contributed by atoms with Gasteiger partial charge in [0.15, 0.2) is 0 Å². The molecule has 1 N–H and O–H groups in total. The van der Waals surface area contributed by atoms with Gasteiger partial charge in [-0.3, -0.25) is 34.7 Å². The van der Waals surface area contributed by atoms with Crippen LogP contribution in [0.4, 0.5) is 17.1 Å². The molecule has 0 spiro atoms. The number of rotatable bonds is 5. The second-order valence-electron chi connectivity index (χ2n) is 6.09. The summed E-state index contributed by atoms with van der Waals surface area (Å²) < 4.78 is 0. The Morgan fingerprint density at radius 1 is 0.963 bits per heavy atom. The van der Waals surface area contributed by atoms with Crippen LogP contribution in [-0.2, 0) is 0 Å². The molecule has 2 amide bonds. The van der Waals surface area contributed by atoms with E-state index in [-0.39, 0.29) is 34.9 Å². The number of nitro groups is 2. The van der Waals surface area contributed by atoms with Crippen molar-refractivity contribution in [3.8, 4) is 0 Å². The molecule has 10 heteroatoms. The summed E-state index contributed by atoms with van der Waals surface area (Å²) in [6, 6.07) is 6.56. The number of benzene rings is 2. The number of amides is 2. The van der Waals surface area contributed by atoms with Crippen molar-refractivity contribution in [3.63, 3.8) is 0 Å². The predicted molar refractivity (Wildman–Crippen MR) is 94.7 cm³/mol. The third-order valence-corrected chi connectivity index (χ3v) is 4.23. The number of nitro benzene ring substituents is 2. The molecule has 0 radical (unpaired) electrons. The molecule has 0 bridgehead atoms. The Labute approximate surface area is 152 Å². The topological polar surface area (TPSA) is 136 Å². The van der Waals surface area contributed by atoms with Gasteiger partial charge in [0.2, 0.25) is 0 Å². The lowest BCUT2D eigenvalue weighted by molar-refractivity contribution is -0.384.